The lowest BCUT2D eigenvalue weighted by molar-refractivity contribution is -0.151. The molecule has 0 heterocycles. The Kier molecular flexibility index (Phi) is 6.40. The number of hydrogen-bond donors (Lipinski definition) is 2. The van der Waals surface area contributed by atoms with E-state index in [0.29, 0.717) is 12.8 Å². The van der Waals surface area contributed by atoms with Crippen molar-refractivity contribution in [3.63, 3.8) is 0 Å². The number of carbonyl (C=O) groups excluding carboxylic acids is 1. The van der Waals surface area contributed by atoms with Gasteiger partial charge in [0.15, 0.2) is 0 Å². The Labute approximate surface area is 120 Å². The Morgan fingerprint density at radius 3 is 2.48 bits per heavy atom. The zero-order chi connectivity index (χ0) is 16.1. The first-order valence-corrected chi connectivity index (χ1v) is 6.96. The summed E-state index contributed by atoms with van der Waals surface area (Å²) < 4.78 is 54.3. The highest BCUT2D eigenvalue weighted by atomic mass is 19.3. The normalized spacial score (nSPS) is 26.9. The molecule has 1 aliphatic rings. The number of halogens is 4. The van der Waals surface area contributed by atoms with E-state index in [1.54, 1.807) is 6.92 Å². The average molecular weight is 315 g/mol. The number of nitrogens with one attached hydrogen (secondary N) is 1. The van der Waals surface area contributed by atoms with Gasteiger partial charge in [0.2, 0.25) is 0 Å². The number of alkyl halides is 4. The Bertz CT molecular complexity index is 344. The molecule has 0 aromatic heterocycles. The maximum Gasteiger partial charge on any atom is 0.319 e. The first-order valence-electron chi connectivity index (χ1n) is 6.96. The van der Waals surface area contributed by atoms with E-state index in [1.807, 2.05) is 0 Å². The predicted octanol–water partition coefficient (Wildman–Crippen LogP) is 1.96. The lowest BCUT2D eigenvalue weighted by atomic mass is 9.78. The molecule has 0 aliphatic heterocycles. The van der Waals surface area contributed by atoms with Crippen molar-refractivity contribution in [3.8, 4) is 0 Å². The number of esters is 1. The Hall–Kier alpha value is -0.890. The fraction of sp³-hybridized carbons (Fsp3) is 0.923. The van der Waals surface area contributed by atoms with Crippen molar-refractivity contribution in [2.75, 3.05) is 19.7 Å². The van der Waals surface area contributed by atoms with Crippen molar-refractivity contribution in [2.45, 2.75) is 50.6 Å². The van der Waals surface area contributed by atoms with Crippen LogP contribution in [0.4, 0.5) is 17.6 Å². The van der Waals surface area contributed by atoms with Gasteiger partial charge in [-0.2, -0.15) is 8.78 Å². The molecular weight excluding hydrogens is 294 g/mol. The van der Waals surface area contributed by atoms with Crippen LogP contribution in [0.3, 0.4) is 0 Å². The molecule has 1 saturated carbocycles. The molecule has 0 radical (unpaired) electrons. The van der Waals surface area contributed by atoms with Crippen LogP contribution < -0.4 is 5.32 Å². The molecule has 1 aliphatic carbocycles. The Morgan fingerprint density at radius 1 is 1.43 bits per heavy atom. The van der Waals surface area contributed by atoms with Crippen LogP contribution in [0, 0.1) is 5.92 Å². The molecule has 0 saturated heterocycles. The molecule has 0 aromatic carbocycles. The first-order chi connectivity index (χ1) is 9.70. The van der Waals surface area contributed by atoms with E-state index in [2.05, 4.69) is 5.32 Å². The van der Waals surface area contributed by atoms with E-state index in [4.69, 9.17) is 4.74 Å². The Balaban J connectivity index is 2.36. The summed E-state index contributed by atoms with van der Waals surface area (Å²) >= 11 is 0. The van der Waals surface area contributed by atoms with Crippen molar-refractivity contribution in [2.24, 2.45) is 5.92 Å². The molecule has 0 amide bonds. The fourth-order valence-electron chi connectivity index (χ4n) is 2.37. The van der Waals surface area contributed by atoms with Gasteiger partial charge in [0.1, 0.15) is 0 Å². The third-order valence-corrected chi connectivity index (χ3v) is 3.67. The van der Waals surface area contributed by atoms with Gasteiger partial charge in [0.25, 0.3) is 0 Å². The predicted molar refractivity (Wildman–Crippen MR) is 67.4 cm³/mol. The fourth-order valence-corrected chi connectivity index (χ4v) is 2.37. The summed E-state index contributed by atoms with van der Waals surface area (Å²) in [6.07, 6.45) is -2.47. The molecule has 1 rings (SSSR count). The number of hydrogen-bond acceptors (Lipinski definition) is 4. The number of aliphatic hydroxyl groups is 1. The topological polar surface area (TPSA) is 58.6 Å². The van der Waals surface area contributed by atoms with Crippen LogP contribution in [0.25, 0.3) is 0 Å². The molecule has 1 fully saturated rings. The zero-order valence-electron chi connectivity index (χ0n) is 11.9. The lowest BCUT2D eigenvalue weighted by Crippen LogP contribution is -2.48. The molecule has 124 valence electrons. The summed E-state index contributed by atoms with van der Waals surface area (Å²) in [5.41, 5.74) is -1.25. The quantitative estimate of drug-likeness (QED) is 0.557. The SMILES string of the molecule is CCOC(=O)C1CCC(O)(CNCC(F)(F)C(F)F)CC1. The van der Waals surface area contributed by atoms with E-state index in [-0.39, 0.29) is 37.9 Å². The highest BCUT2D eigenvalue weighted by molar-refractivity contribution is 5.72. The van der Waals surface area contributed by atoms with Crippen LogP contribution in [0.5, 0.6) is 0 Å². The minimum atomic E-state index is -4.11. The van der Waals surface area contributed by atoms with Crippen LogP contribution in [0.2, 0.25) is 0 Å². The van der Waals surface area contributed by atoms with Crippen LogP contribution >= 0.6 is 0 Å². The summed E-state index contributed by atoms with van der Waals surface area (Å²) in [5.74, 6) is -4.73. The van der Waals surface area contributed by atoms with Crippen molar-refractivity contribution >= 4 is 5.97 Å². The van der Waals surface area contributed by atoms with Gasteiger partial charge < -0.3 is 15.2 Å². The number of ether oxygens (including phenoxy) is 1. The lowest BCUT2D eigenvalue weighted by Gasteiger charge is -2.35. The van der Waals surface area contributed by atoms with E-state index in [9.17, 15) is 27.5 Å². The molecule has 0 bridgehead atoms. The van der Waals surface area contributed by atoms with E-state index in [1.165, 1.54) is 0 Å². The molecule has 0 spiro atoms. The van der Waals surface area contributed by atoms with Crippen molar-refractivity contribution < 1.29 is 32.2 Å². The van der Waals surface area contributed by atoms with Gasteiger partial charge in [0, 0.05) is 6.54 Å². The summed E-state index contributed by atoms with van der Waals surface area (Å²) in [5, 5.41) is 12.4. The van der Waals surface area contributed by atoms with Gasteiger partial charge in [-0.3, -0.25) is 4.79 Å². The van der Waals surface area contributed by atoms with Gasteiger partial charge in [-0.15, -0.1) is 0 Å². The molecule has 4 nitrogen and oxygen atoms in total. The van der Waals surface area contributed by atoms with E-state index < -0.39 is 24.5 Å². The molecule has 0 atom stereocenters. The highest BCUT2D eigenvalue weighted by Crippen LogP contribution is 2.32. The van der Waals surface area contributed by atoms with Crippen molar-refractivity contribution in [1.29, 1.82) is 0 Å². The Morgan fingerprint density at radius 2 is 2.00 bits per heavy atom. The first kappa shape index (κ1) is 18.2. The second-order valence-corrected chi connectivity index (χ2v) is 5.42. The van der Waals surface area contributed by atoms with E-state index in [0.717, 1.165) is 0 Å². The molecule has 21 heavy (non-hydrogen) atoms. The zero-order valence-corrected chi connectivity index (χ0v) is 11.9. The van der Waals surface area contributed by atoms with E-state index >= 15 is 0 Å². The van der Waals surface area contributed by atoms with Gasteiger partial charge in [-0.25, -0.2) is 8.78 Å². The largest absolute Gasteiger partial charge is 0.466 e. The van der Waals surface area contributed by atoms with Crippen molar-refractivity contribution in [1.82, 2.24) is 5.32 Å². The number of rotatable bonds is 7. The number of carbonyl (C=O) groups is 1. The van der Waals surface area contributed by atoms with Crippen LogP contribution in [0.15, 0.2) is 0 Å². The van der Waals surface area contributed by atoms with Gasteiger partial charge in [-0.1, -0.05) is 0 Å². The molecule has 8 heteroatoms. The molecule has 0 unspecified atom stereocenters. The average Bonchev–Trinajstić information content (AvgIpc) is 2.39. The third-order valence-electron chi connectivity index (χ3n) is 3.67. The van der Waals surface area contributed by atoms with Crippen LogP contribution in [-0.2, 0) is 9.53 Å². The summed E-state index contributed by atoms with van der Waals surface area (Å²) in [7, 11) is 0. The summed E-state index contributed by atoms with van der Waals surface area (Å²) in [4.78, 5) is 11.5. The third kappa shape index (κ3) is 5.43. The summed E-state index contributed by atoms with van der Waals surface area (Å²) in [6, 6.07) is 0. The summed E-state index contributed by atoms with van der Waals surface area (Å²) in [6.45, 7) is 0.590. The van der Waals surface area contributed by atoms with Gasteiger partial charge >= 0.3 is 18.3 Å². The molecule has 2 N–H and O–H groups in total. The van der Waals surface area contributed by atoms with Gasteiger partial charge in [0.05, 0.1) is 24.7 Å². The second kappa shape index (κ2) is 7.40. The minimum absolute atomic E-state index is 0.204. The minimum Gasteiger partial charge on any atom is -0.466 e. The van der Waals surface area contributed by atoms with Crippen LogP contribution in [0.1, 0.15) is 32.6 Å². The maximum atomic E-state index is 12.7. The molecular formula is C13H21F4NO3. The van der Waals surface area contributed by atoms with Crippen molar-refractivity contribution in [3.05, 3.63) is 0 Å². The second-order valence-electron chi connectivity index (χ2n) is 5.42. The smallest absolute Gasteiger partial charge is 0.319 e. The maximum absolute atomic E-state index is 12.7. The standard InChI is InChI=1S/C13H21F4NO3/c1-2-21-10(19)9-3-5-12(20,6-4-9)7-18-8-13(16,17)11(14)15/h9,11,18,20H,2-8H2,1H3. The van der Waals surface area contributed by atoms with Gasteiger partial charge in [-0.05, 0) is 32.6 Å². The molecule has 0 aromatic rings. The monoisotopic (exact) mass is 315 g/mol. The van der Waals surface area contributed by atoms with Crippen LogP contribution in [-0.4, -0.2) is 48.7 Å². The highest BCUT2D eigenvalue weighted by Gasteiger charge is 2.41.